The summed E-state index contributed by atoms with van der Waals surface area (Å²) in [4.78, 5) is 76.6. The number of fused-ring (bicyclic) bond motifs is 2. The lowest BCUT2D eigenvalue weighted by atomic mass is 9.90. The number of thioether (sulfide) groups is 1. The van der Waals surface area contributed by atoms with Crippen LogP contribution >= 0.6 is 11.8 Å². The van der Waals surface area contributed by atoms with Crippen LogP contribution < -0.4 is 10.7 Å². The highest BCUT2D eigenvalue weighted by molar-refractivity contribution is 7.99. The molecule has 42 heavy (non-hydrogen) atoms. The Hall–Kier alpha value is -5.17. The summed E-state index contributed by atoms with van der Waals surface area (Å²) in [7, 11) is 0. The summed E-state index contributed by atoms with van der Waals surface area (Å²) in [5, 5.41) is 23.6. The Kier molecular flexibility index (Phi) is 7.93. The molecule has 2 aromatic carbocycles. The number of amides is 3. The average molecular weight is 591 g/mol. The van der Waals surface area contributed by atoms with Crippen molar-refractivity contribution in [2.24, 2.45) is 0 Å². The van der Waals surface area contributed by atoms with Gasteiger partial charge in [0.25, 0.3) is 11.8 Å². The van der Waals surface area contributed by atoms with E-state index in [2.05, 4.69) is 5.32 Å². The summed E-state index contributed by atoms with van der Waals surface area (Å²) in [6.45, 7) is 0. The van der Waals surface area contributed by atoms with Gasteiger partial charge in [-0.1, -0.05) is 6.07 Å². The Morgan fingerprint density at radius 3 is 2.43 bits per heavy atom. The third-order valence-corrected chi connectivity index (χ3v) is 7.32. The number of benzene rings is 3. The number of phenolic OH excluding ortho intramolecular Hbond substituents is 1. The maximum Gasteiger partial charge on any atom is 0.336 e. The number of hydroxylamine groups is 2. The topological polar surface area (TPSA) is 181 Å². The van der Waals surface area contributed by atoms with E-state index in [9.17, 15) is 39.0 Å². The van der Waals surface area contributed by atoms with Gasteiger partial charge in [0.1, 0.15) is 17.1 Å². The van der Waals surface area contributed by atoms with Gasteiger partial charge in [0.2, 0.25) is 5.91 Å². The molecule has 2 aliphatic heterocycles. The number of hydrogen-bond acceptors (Lipinski definition) is 10. The molecule has 0 spiro atoms. The zero-order chi connectivity index (χ0) is 30.0. The highest BCUT2D eigenvalue weighted by Crippen LogP contribution is 2.42. The van der Waals surface area contributed by atoms with Crippen LogP contribution in [-0.2, 0) is 24.0 Å². The Balaban J connectivity index is 1.31. The van der Waals surface area contributed by atoms with Crippen LogP contribution in [0.1, 0.15) is 29.6 Å². The van der Waals surface area contributed by atoms with Crippen LogP contribution in [0.4, 0.5) is 5.69 Å². The van der Waals surface area contributed by atoms with E-state index in [1.807, 2.05) is 0 Å². The second kappa shape index (κ2) is 11.7. The van der Waals surface area contributed by atoms with E-state index in [0.29, 0.717) is 27.1 Å². The minimum Gasteiger partial charge on any atom is -0.508 e. The van der Waals surface area contributed by atoms with Gasteiger partial charge in [-0.15, -0.1) is 5.06 Å². The van der Waals surface area contributed by atoms with Crippen LogP contribution in [0.25, 0.3) is 33.4 Å². The highest BCUT2D eigenvalue weighted by atomic mass is 32.2. The number of imide groups is 1. The number of carboxylic acid groups (broad SMARTS) is 1. The first kappa shape index (κ1) is 28.4. The van der Waals surface area contributed by atoms with Gasteiger partial charge < -0.3 is 24.8 Å². The largest absolute Gasteiger partial charge is 0.508 e. The first-order valence-electron chi connectivity index (χ1n) is 12.6. The van der Waals surface area contributed by atoms with Crippen molar-refractivity contribution < 1.29 is 43.4 Å². The fourth-order valence-electron chi connectivity index (χ4n) is 4.49. The molecule has 1 aliphatic carbocycles. The number of aromatic carboxylic acids is 1. The van der Waals surface area contributed by atoms with E-state index in [1.54, 1.807) is 6.07 Å². The molecule has 12 nitrogen and oxygen atoms in total. The molecule has 5 rings (SSSR count). The summed E-state index contributed by atoms with van der Waals surface area (Å²) in [6, 6.07) is 12.9. The quantitative estimate of drug-likeness (QED) is 0.147. The van der Waals surface area contributed by atoms with Crippen LogP contribution in [0.5, 0.6) is 5.75 Å². The van der Waals surface area contributed by atoms with Crippen molar-refractivity contribution in [1.82, 2.24) is 5.06 Å². The SMILES string of the molecule is O=C(CSCCC(=O)ON1C(=O)CCC1=O)Nc1ccc(-c2c3ccc(=O)cc-3oc3cc(O)ccc23)c(C(=O)O)c1. The molecule has 0 atom stereocenters. The lowest BCUT2D eigenvalue weighted by Crippen LogP contribution is -2.32. The van der Waals surface area contributed by atoms with Crippen molar-refractivity contribution in [3.05, 3.63) is 70.4 Å². The van der Waals surface area contributed by atoms with Crippen LogP contribution in [0.15, 0.2) is 63.8 Å². The molecule has 3 aliphatic rings. The maximum absolute atomic E-state index is 12.5. The van der Waals surface area contributed by atoms with Gasteiger partial charge >= 0.3 is 11.9 Å². The van der Waals surface area contributed by atoms with E-state index in [1.165, 1.54) is 48.5 Å². The van der Waals surface area contributed by atoms with Crippen molar-refractivity contribution in [3.8, 4) is 28.2 Å². The number of carbonyl (C=O) groups is 5. The molecule has 0 radical (unpaired) electrons. The molecule has 2 heterocycles. The number of anilines is 1. The van der Waals surface area contributed by atoms with Crippen LogP contribution in [-0.4, -0.2) is 56.4 Å². The normalized spacial score (nSPS) is 13.1. The molecule has 1 saturated heterocycles. The number of hydrogen-bond donors (Lipinski definition) is 3. The maximum atomic E-state index is 12.5. The number of phenols is 1. The van der Waals surface area contributed by atoms with Crippen molar-refractivity contribution in [2.75, 3.05) is 16.8 Å². The Labute approximate surface area is 241 Å². The van der Waals surface area contributed by atoms with Gasteiger partial charge in [0, 0.05) is 52.9 Å². The summed E-state index contributed by atoms with van der Waals surface area (Å²) < 4.78 is 5.82. The molecule has 0 bridgehead atoms. The van der Waals surface area contributed by atoms with Gasteiger partial charge in [0.05, 0.1) is 17.7 Å². The third-order valence-electron chi connectivity index (χ3n) is 6.36. The van der Waals surface area contributed by atoms with Gasteiger partial charge in [0.15, 0.2) is 5.43 Å². The van der Waals surface area contributed by atoms with E-state index in [-0.39, 0.29) is 64.5 Å². The number of carboxylic acids is 1. The predicted molar refractivity (Wildman–Crippen MR) is 151 cm³/mol. The first-order chi connectivity index (χ1) is 20.1. The molecule has 3 N–H and O–H groups in total. The second-order valence-electron chi connectivity index (χ2n) is 9.28. The summed E-state index contributed by atoms with van der Waals surface area (Å²) in [5.74, 6) is -3.37. The predicted octanol–water partition coefficient (Wildman–Crippen LogP) is 3.64. The summed E-state index contributed by atoms with van der Waals surface area (Å²) in [6.07, 6.45) is -0.150. The minimum absolute atomic E-state index is 0.00717. The fourth-order valence-corrected chi connectivity index (χ4v) is 5.20. The van der Waals surface area contributed by atoms with E-state index >= 15 is 0 Å². The van der Waals surface area contributed by atoms with E-state index in [0.717, 1.165) is 11.8 Å². The van der Waals surface area contributed by atoms with Crippen molar-refractivity contribution in [1.29, 1.82) is 0 Å². The number of nitrogens with one attached hydrogen (secondary N) is 1. The van der Waals surface area contributed by atoms with E-state index < -0.39 is 29.7 Å². The molecule has 13 heteroatoms. The first-order valence-corrected chi connectivity index (χ1v) is 13.8. The molecule has 1 fully saturated rings. The average Bonchev–Trinajstić information content (AvgIpc) is 3.26. The van der Waals surface area contributed by atoms with Crippen LogP contribution in [0, 0.1) is 0 Å². The molecule has 0 aromatic heterocycles. The zero-order valence-corrected chi connectivity index (χ0v) is 22.6. The fraction of sp³-hybridized carbons (Fsp3) is 0.172. The summed E-state index contributed by atoms with van der Waals surface area (Å²) >= 11 is 1.11. The number of rotatable bonds is 9. The Morgan fingerprint density at radius 2 is 1.69 bits per heavy atom. The molecule has 2 aromatic rings. The van der Waals surface area contributed by atoms with Crippen molar-refractivity contribution in [3.63, 3.8) is 0 Å². The number of nitrogens with zero attached hydrogens (tertiary/aromatic N) is 1. The van der Waals surface area contributed by atoms with Gasteiger partial charge in [-0.2, -0.15) is 11.8 Å². The molecule has 0 unspecified atom stereocenters. The standard InChI is InChI=1S/C29H22N2O10S/c32-16-2-5-19-22(12-16)40-23-13-17(33)3-6-20(23)28(19)18-4-1-15(11-21(18)29(38)39)30-24(34)14-42-10-9-27(37)41-31-25(35)7-8-26(31)36/h1-6,11-13,32H,7-10,14H2,(H,30,34)(H,38,39). The zero-order valence-electron chi connectivity index (χ0n) is 21.7. The molecule has 0 saturated carbocycles. The van der Waals surface area contributed by atoms with Crippen LogP contribution in [0.3, 0.4) is 0 Å². The van der Waals surface area contributed by atoms with Crippen molar-refractivity contribution >= 4 is 58.1 Å². The van der Waals surface area contributed by atoms with Gasteiger partial charge in [-0.05, 0) is 42.0 Å². The lowest BCUT2D eigenvalue weighted by molar-refractivity contribution is -0.197. The molecular weight excluding hydrogens is 568 g/mol. The van der Waals surface area contributed by atoms with Gasteiger partial charge in [-0.3, -0.25) is 19.2 Å². The lowest BCUT2D eigenvalue weighted by Gasteiger charge is -2.17. The number of carbonyl (C=O) groups excluding carboxylic acids is 4. The van der Waals surface area contributed by atoms with Gasteiger partial charge in [-0.25, -0.2) is 9.59 Å². The second-order valence-corrected chi connectivity index (χ2v) is 10.4. The number of aromatic hydroxyl groups is 1. The highest BCUT2D eigenvalue weighted by Gasteiger charge is 2.32. The van der Waals surface area contributed by atoms with Crippen molar-refractivity contribution in [2.45, 2.75) is 19.3 Å². The minimum atomic E-state index is -1.26. The smallest absolute Gasteiger partial charge is 0.336 e. The Bertz CT molecular complexity index is 1780. The monoisotopic (exact) mass is 590 g/mol. The third kappa shape index (κ3) is 5.95. The molecule has 3 amide bonds. The Morgan fingerprint density at radius 1 is 0.952 bits per heavy atom. The van der Waals surface area contributed by atoms with Crippen LogP contribution in [0.2, 0.25) is 0 Å². The molecular formula is C29H22N2O10S. The molecule has 214 valence electrons. The summed E-state index contributed by atoms with van der Waals surface area (Å²) in [5.41, 5.74) is 1.31. The van der Waals surface area contributed by atoms with E-state index in [4.69, 9.17) is 9.25 Å².